The Balaban J connectivity index is 2.28. The van der Waals surface area contributed by atoms with E-state index in [1.165, 1.54) is 6.42 Å². The molecule has 0 amide bonds. The summed E-state index contributed by atoms with van der Waals surface area (Å²) < 4.78 is 0. The highest BCUT2D eigenvalue weighted by atomic mass is 16.3. The largest absolute Gasteiger partial charge is 0.508 e. The quantitative estimate of drug-likeness (QED) is 0.816. The van der Waals surface area contributed by atoms with Crippen LogP contribution in [0.3, 0.4) is 0 Å². The van der Waals surface area contributed by atoms with E-state index in [-0.39, 0.29) is 5.54 Å². The molecule has 3 heteroatoms. The average Bonchev–Trinajstić information content (AvgIpc) is 2.17. The molecule has 0 radical (unpaired) electrons. The Kier molecular flexibility index (Phi) is 2.91. The second-order valence-electron chi connectivity index (χ2n) is 5.09. The molecule has 1 saturated carbocycles. The van der Waals surface area contributed by atoms with Gasteiger partial charge in [-0.15, -0.1) is 0 Å². The van der Waals surface area contributed by atoms with Crippen molar-refractivity contribution in [2.24, 2.45) is 5.73 Å². The van der Waals surface area contributed by atoms with E-state index in [2.05, 4.69) is 6.07 Å². The number of benzene rings is 1. The van der Waals surface area contributed by atoms with E-state index in [0.29, 0.717) is 5.75 Å². The van der Waals surface area contributed by atoms with Crippen LogP contribution in [0.4, 0.5) is 0 Å². The second-order valence-corrected chi connectivity index (χ2v) is 5.09. The molecule has 1 aromatic carbocycles. The molecule has 16 heavy (non-hydrogen) atoms. The number of rotatable bonds is 3. The minimum atomic E-state index is -0.144. The van der Waals surface area contributed by atoms with Gasteiger partial charge in [0.1, 0.15) is 5.75 Å². The fourth-order valence-electron chi connectivity index (χ4n) is 2.21. The molecule has 0 heterocycles. The second kappa shape index (κ2) is 4.07. The van der Waals surface area contributed by atoms with Crippen molar-refractivity contribution in [3.8, 4) is 5.75 Å². The van der Waals surface area contributed by atoms with E-state index in [4.69, 9.17) is 5.73 Å². The van der Waals surface area contributed by atoms with Gasteiger partial charge in [-0.05, 0) is 51.1 Å². The van der Waals surface area contributed by atoms with Crippen molar-refractivity contribution in [1.82, 2.24) is 4.90 Å². The minimum absolute atomic E-state index is 0.144. The van der Waals surface area contributed by atoms with Gasteiger partial charge in [-0.25, -0.2) is 0 Å². The predicted octanol–water partition coefficient (Wildman–Crippen LogP) is 1.79. The van der Waals surface area contributed by atoms with Gasteiger partial charge in [0.05, 0.1) is 0 Å². The topological polar surface area (TPSA) is 49.5 Å². The summed E-state index contributed by atoms with van der Waals surface area (Å²) in [5.74, 6) is 0.361. The van der Waals surface area contributed by atoms with Gasteiger partial charge in [0, 0.05) is 17.6 Å². The van der Waals surface area contributed by atoms with Crippen LogP contribution in [0.2, 0.25) is 0 Å². The SMILES string of the molecule is CN(C)Cc1cc(C2(N)CCC2)ccc1O. The Morgan fingerprint density at radius 3 is 2.56 bits per heavy atom. The maximum absolute atomic E-state index is 9.77. The summed E-state index contributed by atoms with van der Waals surface area (Å²) >= 11 is 0. The Hall–Kier alpha value is -1.06. The summed E-state index contributed by atoms with van der Waals surface area (Å²) in [7, 11) is 3.99. The standard InChI is InChI=1S/C13H20N2O/c1-15(2)9-10-8-11(4-5-12(10)16)13(14)6-3-7-13/h4-5,8,16H,3,6-7,9,14H2,1-2H3. The van der Waals surface area contributed by atoms with Crippen molar-refractivity contribution in [3.63, 3.8) is 0 Å². The molecule has 1 aromatic rings. The number of nitrogens with two attached hydrogens (primary N) is 1. The van der Waals surface area contributed by atoms with Gasteiger partial charge >= 0.3 is 0 Å². The minimum Gasteiger partial charge on any atom is -0.508 e. The van der Waals surface area contributed by atoms with Crippen molar-refractivity contribution in [2.75, 3.05) is 14.1 Å². The van der Waals surface area contributed by atoms with E-state index >= 15 is 0 Å². The third-order valence-electron chi connectivity index (χ3n) is 3.39. The van der Waals surface area contributed by atoms with Crippen molar-refractivity contribution in [1.29, 1.82) is 0 Å². The smallest absolute Gasteiger partial charge is 0.120 e. The first-order chi connectivity index (χ1) is 7.51. The average molecular weight is 220 g/mol. The summed E-state index contributed by atoms with van der Waals surface area (Å²) in [4.78, 5) is 2.04. The molecule has 0 aromatic heterocycles. The van der Waals surface area contributed by atoms with Gasteiger partial charge in [-0.1, -0.05) is 6.07 Å². The highest BCUT2D eigenvalue weighted by Gasteiger charge is 2.34. The zero-order chi connectivity index (χ0) is 11.8. The normalized spacial score (nSPS) is 18.5. The highest BCUT2D eigenvalue weighted by molar-refractivity contribution is 5.39. The van der Waals surface area contributed by atoms with Gasteiger partial charge in [0.2, 0.25) is 0 Å². The Morgan fingerprint density at radius 2 is 2.06 bits per heavy atom. The Morgan fingerprint density at radius 1 is 1.38 bits per heavy atom. The lowest BCUT2D eigenvalue weighted by Crippen LogP contribution is -2.43. The lowest BCUT2D eigenvalue weighted by atomic mass is 9.72. The van der Waals surface area contributed by atoms with E-state index < -0.39 is 0 Å². The first-order valence-corrected chi connectivity index (χ1v) is 5.77. The van der Waals surface area contributed by atoms with E-state index in [9.17, 15) is 5.11 Å². The Labute approximate surface area is 96.9 Å². The molecule has 88 valence electrons. The fraction of sp³-hybridized carbons (Fsp3) is 0.538. The molecule has 0 bridgehead atoms. The molecule has 0 spiro atoms. The van der Waals surface area contributed by atoms with Crippen LogP contribution in [0.1, 0.15) is 30.4 Å². The van der Waals surface area contributed by atoms with Crippen LogP contribution in [0.5, 0.6) is 5.75 Å². The van der Waals surface area contributed by atoms with Crippen molar-refractivity contribution >= 4 is 0 Å². The van der Waals surface area contributed by atoms with E-state index in [1.807, 2.05) is 25.1 Å². The third kappa shape index (κ3) is 2.06. The summed E-state index contributed by atoms with van der Waals surface area (Å²) in [5, 5.41) is 9.77. The molecule has 0 aliphatic heterocycles. The number of phenols is 1. The lowest BCUT2D eigenvalue weighted by Gasteiger charge is -2.39. The monoisotopic (exact) mass is 220 g/mol. The maximum atomic E-state index is 9.77. The molecule has 0 unspecified atom stereocenters. The molecule has 0 saturated heterocycles. The molecule has 3 N–H and O–H groups in total. The molecule has 0 atom stereocenters. The summed E-state index contributed by atoms with van der Waals surface area (Å²) in [5.41, 5.74) is 8.25. The van der Waals surface area contributed by atoms with Crippen LogP contribution in [-0.2, 0) is 12.1 Å². The molecule has 3 nitrogen and oxygen atoms in total. The van der Waals surface area contributed by atoms with Gasteiger partial charge < -0.3 is 15.7 Å². The molecule has 1 aliphatic carbocycles. The maximum Gasteiger partial charge on any atom is 0.120 e. The van der Waals surface area contributed by atoms with Crippen LogP contribution in [0, 0.1) is 0 Å². The van der Waals surface area contributed by atoms with Crippen LogP contribution < -0.4 is 5.73 Å². The Bertz CT molecular complexity index is 384. The zero-order valence-corrected chi connectivity index (χ0v) is 10.0. The first-order valence-electron chi connectivity index (χ1n) is 5.77. The number of phenolic OH excluding ortho intramolecular Hbond substituents is 1. The van der Waals surface area contributed by atoms with Gasteiger partial charge in [0.25, 0.3) is 0 Å². The number of nitrogens with zero attached hydrogens (tertiary/aromatic N) is 1. The molecule has 1 fully saturated rings. The third-order valence-corrected chi connectivity index (χ3v) is 3.39. The van der Waals surface area contributed by atoms with E-state index in [0.717, 1.165) is 30.5 Å². The number of hydrogen-bond donors (Lipinski definition) is 2. The summed E-state index contributed by atoms with van der Waals surface area (Å²) in [6.07, 6.45) is 3.32. The summed E-state index contributed by atoms with van der Waals surface area (Å²) in [6.45, 7) is 0.746. The van der Waals surface area contributed by atoms with Crippen LogP contribution >= 0.6 is 0 Å². The number of aromatic hydroxyl groups is 1. The highest BCUT2D eigenvalue weighted by Crippen LogP contribution is 2.39. The predicted molar refractivity (Wildman–Crippen MR) is 65.2 cm³/mol. The van der Waals surface area contributed by atoms with Crippen molar-refractivity contribution < 1.29 is 5.11 Å². The van der Waals surface area contributed by atoms with Crippen LogP contribution in [0.25, 0.3) is 0 Å². The lowest BCUT2D eigenvalue weighted by molar-refractivity contribution is 0.253. The fourth-order valence-corrected chi connectivity index (χ4v) is 2.21. The van der Waals surface area contributed by atoms with Gasteiger partial charge in [-0.2, -0.15) is 0 Å². The van der Waals surface area contributed by atoms with Crippen molar-refractivity contribution in [2.45, 2.75) is 31.3 Å². The zero-order valence-electron chi connectivity index (χ0n) is 10.0. The summed E-state index contributed by atoms with van der Waals surface area (Å²) in [6, 6.07) is 5.77. The molecule has 2 rings (SSSR count). The van der Waals surface area contributed by atoms with E-state index in [1.54, 1.807) is 6.07 Å². The molecular formula is C13H20N2O. The van der Waals surface area contributed by atoms with Crippen LogP contribution in [0.15, 0.2) is 18.2 Å². The first kappa shape index (κ1) is 11.4. The number of hydrogen-bond acceptors (Lipinski definition) is 3. The van der Waals surface area contributed by atoms with Gasteiger partial charge in [-0.3, -0.25) is 0 Å². The molecular weight excluding hydrogens is 200 g/mol. The van der Waals surface area contributed by atoms with Crippen molar-refractivity contribution in [3.05, 3.63) is 29.3 Å². The molecule has 1 aliphatic rings. The van der Waals surface area contributed by atoms with Gasteiger partial charge in [0.15, 0.2) is 0 Å². The van der Waals surface area contributed by atoms with Crippen LogP contribution in [-0.4, -0.2) is 24.1 Å².